The van der Waals surface area contributed by atoms with Gasteiger partial charge in [-0.15, -0.1) is 0 Å². The van der Waals surface area contributed by atoms with E-state index in [2.05, 4.69) is 10.6 Å². The molecule has 2 amide bonds. The van der Waals surface area contributed by atoms with Crippen LogP contribution in [0.15, 0.2) is 0 Å². The Morgan fingerprint density at radius 2 is 1.08 bits per heavy atom. The number of amides is 2. The van der Waals surface area contributed by atoms with Crippen LogP contribution in [0.25, 0.3) is 0 Å². The van der Waals surface area contributed by atoms with Gasteiger partial charge < -0.3 is 20.8 Å². The van der Waals surface area contributed by atoms with Crippen molar-refractivity contribution in [3.63, 3.8) is 0 Å². The van der Waals surface area contributed by atoms with Crippen molar-refractivity contribution in [2.24, 2.45) is 10.8 Å². The summed E-state index contributed by atoms with van der Waals surface area (Å²) >= 11 is 0. The molecule has 1 heterocycles. The molecule has 0 unspecified atom stereocenters. The van der Waals surface area contributed by atoms with Gasteiger partial charge in [0.2, 0.25) is 0 Å². The maximum Gasteiger partial charge on any atom is 0.252 e. The molecular formula is C17H33N3O4. The number of nitrogens with zero attached hydrogens (tertiary/aromatic N) is 1. The molecule has 4 N–H and O–H groups in total. The number of carbonyl (C=O) groups is 2. The van der Waals surface area contributed by atoms with Crippen LogP contribution < -0.4 is 10.6 Å². The zero-order chi connectivity index (χ0) is 19.3. The molecule has 0 bridgehead atoms. The summed E-state index contributed by atoms with van der Waals surface area (Å²) in [6.45, 7) is 13.8. The normalized spacial score (nSPS) is 27.0. The van der Waals surface area contributed by atoms with Crippen molar-refractivity contribution in [3.8, 4) is 0 Å². The first-order valence-electron chi connectivity index (χ1n) is 8.22. The molecule has 1 rings (SSSR count). The summed E-state index contributed by atoms with van der Waals surface area (Å²) in [5, 5.41) is 25.6. The Kier molecular flexibility index (Phi) is 5.19. The molecule has 7 heteroatoms. The molecule has 7 nitrogen and oxygen atoms in total. The van der Waals surface area contributed by atoms with Gasteiger partial charge in [0.1, 0.15) is 11.2 Å². The highest BCUT2D eigenvalue weighted by atomic mass is 16.3. The van der Waals surface area contributed by atoms with Gasteiger partial charge in [-0.2, -0.15) is 0 Å². The van der Waals surface area contributed by atoms with Crippen molar-refractivity contribution >= 4 is 11.8 Å². The topological polar surface area (TPSA) is 102 Å². The lowest BCUT2D eigenvalue weighted by atomic mass is 9.67. The first kappa shape index (κ1) is 20.9. The smallest absolute Gasteiger partial charge is 0.252 e. The minimum Gasteiger partial charge on any atom is -0.381 e. The molecule has 0 spiro atoms. The van der Waals surface area contributed by atoms with E-state index in [0.717, 1.165) is 0 Å². The lowest BCUT2D eigenvalue weighted by Gasteiger charge is -2.40. The molecular weight excluding hydrogens is 310 g/mol. The Bertz CT molecular complexity index is 469. The third-order valence-corrected chi connectivity index (χ3v) is 5.49. The molecule has 24 heavy (non-hydrogen) atoms. The Morgan fingerprint density at radius 1 is 0.833 bits per heavy atom. The van der Waals surface area contributed by atoms with Crippen LogP contribution >= 0.6 is 0 Å². The van der Waals surface area contributed by atoms with Crippen LogP contribution in [0.1, 0.15) is 55.4 Å². The first-order chi connectivity index (χ1) is 10.4. The van der Waals surface area contributed by atoms with Gasteiger partial charge in [-0.25, -0.2) is 0 Å². The summed E-state index contributed by atoms with van der Waals surface area (Å²) in [6.07, 6.45) is -0.780. The molecule has 1 aliphatic rings. The van der Waals surface area contributed by atoms with E-state index < -0.39 is 46.2 Å². The van der Waals surface area contributed by atoms with E-state index in [1.165, 1.54) is 27.7 Å². The van der Waals surface area contributed by atoms with Crippen LogP contribution in [0.3, 0.4) is 0 Å². The molecule has 0 aliphatic carbocycles. The Hall–Kier alpha value is -1.18. The van der Waals surface area contributed by atoms with E-state index in [9.17, 15) is 19.8 Å². The van der Waals surface area contributed by atoms with Crippen LogP contribution in [0.4, 0.5) is 0 Å². The second-order valence-corrected chi connectivity index (χ2v) is 8.98. The van der Waals surface area contributed by atoms with E-state index in [1.54, 1.807) is 7.05 Å². The Morgan fingerprint density at radius 3 is 1.29 bits per heavy atom. The Balaban J connectivity index is 3.14. The number of hydrogen-bond acceptors (Lipinski definition) is 5. The minimum atomic E-state index is -1.49. The van der Waals surface area contributed by atoms with Crippen molar-refractivity contribution in [1.29, 1.82) is 0 Å². The van der Waals surface area contributed by atoms with Crippen LogP contribution in [0.2, 0.25) is 0 Å². The van der Waals surface area contributed by atoms with Crippen LogP contribution in [-0.4, -0.2) is 57.5 Å². The monoisotopic (exact) mass is 343 g/mol. The number of aliphatic hydroxyl groups is 2. The van der Waals surface area contributed by atoms with E-state index in [1.807, 2.05) is 32.6 Å². The lowest BCUT2D eigenvalue weighted by Crippen LogP contribution is -2.58. The summed E-state index contributed by atoms with van der Waals surface area (Å²) in [5.74, 6) is -0.949. The zero-order valence-electron chi connectivity index (χ0n) is 16.3. The van der Waals surface area contributed by atoms with Crippen molar-refractivity contribution in [2.75, 3.05) is 7.05 Å². The number of carbonyl (C=O) groups excluding carboxylic acids is 2. The molecule has 0 aromatic heterocycles. The van der Waals surface area contributed by atoms with Gasteiger partial charge >= 0.3 is 0 Å². The van der Waals surface area contributed by atoms with E-state index >= 15 is 0 Å². The quantitative estimate of drug-likeness (QED) is 0.592. The molecule has 1 saturated heterocycles. The predicted molar refractivity (Wildman–Crippen MR) is 91.8 cm³/mol. The van der Waals surface area contributed by atoms with Crippen molar-refractivity contribution in [2.45, 2.75) is 78.9 Å². The van der Waals surface area contributed by atoms with Gasteiger partial charge in [-0.05, 0) is 34.7 Å². The SMILES string of the molecule is CN1[C@H](NC(=O)C(C)(C)O)C(C)(C)C(C)(C)[C@H]1NC(=O)C(C)(C)O. The predicted octanol–water partition coefficient (Wildman–Crippen LogP) is 0.411. The molecule has 1 aliphatic heterocycles. The fourth-order valence-corrected chi connectivity index (χ4v) is 3.04. The summed E-state index contributed by atoms with van der Waals surface area (Å²) < 4.78 is 0. The second-order valence-electron chi connectivity index (χ2n) is 8.98. The highest BCUT2D eigenvalue weighted by Crippen LogP contribution is 2.51. The number of likely N-dealkylation sites (tertiary alicyclic amines) is 1. The Labute approximate surface area is 144 Å². The lowest BCUT2D eigenvalue weighted by molar-refractivity contribution is -0.140. The maximum atomic E-state index is 12.2. The molecule has 2 atom stereocenters. The molecule has 1 fully saturated rings. The fourth-order valence-electron chi connectivity index (χ4n) is 3.04. The average Bonchev–Trinajstić information content (AvgIpc) is 2.48. The van der Waals surface area contributed by atoms with E-state index in [4.69, 9.17) is 0 Å². The summed E-state index contributed by atoms with van der Waals surface area (Å²) in [7, 11) is 1.81. The summed E-state index contributed by atoms with van der Waals surface area (Å²) in [6, 6.07) is 0. The molecule has 0 saturated carbocycles. The van der Waals surface area contributed by atoms with Crippen LogP contribution in [0, 0.1) is 10.8 Å². The van der Waals surface area contributed by atoms with Crippen LogP contribution in [0.5, 0.6) is 0 Å². The highest BCUT2D eigenvalue weighted by molar-refractivity contribution is 5.85. The van der Waals surface area contributed by atoms with Gasteiger partial charge in [-0.1, -0.05) is 27.7 Å². The average molecular weight is 343 g/mol. The largest absolute Gasteiger partial charge is 0.381 e. The first-order valence-corrected chi connectivity index (χ1v) is 8.22. The maximum absolute atomic E-state index is 12.2. The number of nitrogens with one attached hydrogen (secondary N) is 2. The van der Waals surface area contributed by atoms with E-state index in [-0.39, 0.29) is 0 Å². The number of hydrogen-bond donors (Lipinski definition) is 4. The summed E-state index contributed by atoms with van der Waals surface area (Å²) in [4.78, 5) is 26.3. The molecule has 140 valence electrons. The van der Waals surface area contributed by atoms with Gasteiger partial charge in [0, 0.05) is 10.8 Å². The third-order valence-electron chi connectivity index (χ3n) is 5.49. The van der Waals surface area contributed by atoms with Crippen molar-refractivity contribution in [3.05, 3.63) is 0 Å². The standard InChI is InChI=1S/C17H33N3O4/c1-14(2)10(18-12(21)16(5,6)23)20(9)11(15(14,3)4)19-13(22)17(7,8)24/h10-11,23-24H,1-9H3,(H,18,21)(H,19,22)/t10-,11-/m0/s1. The van der Waals surface area contributed by atoms with Crippen molar-refractivity contribution < 1.29 is 19.8 Å². The highest BCUT2D eigenvalue weighted by Gasteiger charge is 2.59. The molecule has 0 aromatic rings. The fraction of sp³-hybridized carbons (Fsp3) is 0.882. The van der Waals surface area contributed by atoms with Gasteiger partial charge in [0.25, 0.3) is 11.8 Å². The number of rotatable bonds is 4. The molecule has 0 radical (unpaired) electrons. The van der Waals surface area contributed by atoms with Crippen molar-refractivity contribution in [1.82, 2.24) is 15.5 Å². The summed E-state index contributed by atoms with van der Waals surface area (Å²) in [5.41, 5.74) is -3.79. The zero-order valence-corrected chi connectivity index (χ0v) is 16.3. The van der Waals surface area contributed by atoms with Gasteiger partial charge in [0.15, 0.2) is 0 Å². The second kappa shape index (κ2) is 5.97. The third kappa shape index (κ3) is 3.58. The van der Waals surface area contributed by atoms with Gasteiger partial charge in [-0.3, -0.25) is 14.5 Å². The minimum absolute atomic E-state index is 0.390. The van der Waals surface area contributed by atoms with Gasteiger partial charge in [0.05, 0.1) is 12.3 Å². The molecule has 0 aromatic carbocycles. The van der Waals surface area contributed by atoms with E-state index in [0.29, 0.717) is 0 Å². The van der Waals surface area contributed by atoms with Crippen LogP contribution in [-0.2, 0) is 9.59 Å².